The molecular weight excluding hydrogens is 200 g/mol. The van der Waals surface area contributed by atoms with Crippen LogP contribution in [0.3, 0.4) is 0 Å². The minimum Gasteiger partial charge on any atom is -0.383 e. The quantitative estimate of drug-likeness (QED) is 0.790. The molecule has 1 unspecified atom stereocenters. The molecule has 2 N–H and O–H groups in total. The van der Waals surface area contributed by atoms with Crippen LogP contribution < -0.4 is 5.73 Å². The number of nitrogens with zero attached hydrogens (tertiary/aromatic N) is 1. The largest absolute Gasteiger partial charge is 0.383 e. The van der Waals surface area contributed by atoms with E-state index in [4.69, 9.17) is 10.5 Å². The van der Waals surface area contributed by atoms with Crippen molar-refractivity contribution in [2.45, 2.75) is 19.5 Å². The molecular formula is C13H22N2O. The zero-order valence-corrected chi connectivity index (χ0v) is 10.4. The van der Waals surface area contributed by atoms with Crippen molar-refractivity contribution in [2.24, 2.45) is 5.73 Å². The highest BCUT2D eigenvalue weighted by Gasteiger charge is 2.06. The topological polar surface area (TPSA) is 38.5 Å². The maximum absolute atomic E-state index is 5.90. The summed E-state index contributed by atoms with van der Waals surface area (Å²) in [6.45, 7) is 4.50. The summed E-state index contributed by atoms with van der Waals surface area (Å²) in [7, 11) is 3.76. The second kappa shape index (κ2) is 6.63. The fraction of sp³-hybridized carbons (Fsp3) is 0.538. The number of nitrogens with two attached hydrogens (primary N) is 1. The van der Waals surface area contributed by atoms with Gasteiger partial charge < -0.3 is 15.4 Å². The third-order valence-corrected chi connectivity index (χ3v) is 2.46. The lowest BCUT2D eigenvalue weighted by molar-refractivity contribution is 0.160. The van der Waals surface area contributed by atoms with Gasteiger partial charge in [-0.1, -0.05) is 29.8 Å². The van der Waals surface area contributed by atoms with Crippen LogP contribution in [0.2, 0.25) is 0 Å². The third kappa shape index (κ3) is 4.75. The molecule has 3 nitrogen and oxygen atoms in total. The minimum absolute atomic E-state index is 0.0832. The molecule has 16 heavy (non-hydrogen) atoms. The van der Waals surface area contributed by atoms with E-state index >= 15 is 0 Å². The van der Waals surface area contributed by atoms with Crippen molar-refractivity contribution >= 4 is 0 Å². The lowest BCUT2D eigenvalue weighted by Gasteiger charge is -2.20. The fourth-order valence-electron chi connectivity index (χ4n) is 1.85. The summed E-state index contributed by atoms with van der Waals surface area (Å²) in [5, 5.41) is 0. The number of hydrogen-bond acceptors (Lipinski definition) is 3. The Kier molecular flexibility index (Phi) is 5.46. The number of ether oxygens (including phenoxy) is 1. The van der Waals surface area contributed by atoms with Gasteiger partial charge in [0.1, 0.15) is 0 Å². The molecule has 0 saturated carbocycles. The Morgan fingerprint density at radius 2 is 2.19 bits per heavy atom. The highest BCUT2D eigenvalue weighted by Crippen LogP contribution is 2.06. The van der Waals surface area contributed by atoms with E-state index in [1.807, 2.05) is 0 Å². The van der Waals surface area contributed by atoms with Crippen molar-refractivity contribution in [3.8, 4) is 0 Å². The van der Waals surface area contributed by atoms with Gasteiger partial charge >= 0.3 is 0 Å². The summed E-state index contributed by atoms with van der Waals surface area (Å²) in [5.41, 5.74) is 8.53. The van der Waals surface area contributed by atoms with Crippen LogP contribution in [-0.2, 0) is 11.3 Å². The standard InChI is InChI=1S/C13H22N2O/c1-11-5-4-6-12(7-11)8-15(2)9-13(14)10-16-3/h4-7,13H,8-10,14H2,1-3H3. The maximum atomic E-state index is 5.90. The van der Waals surface area contributed by atoms with Gasteiger partial charge in [0.2, 0.25) is 0 Å². The predicted molar refractivity (Wildman–Crippen MR) is 67.4 cm³/mol. The fourth-order valence-corrected chi connectivity index (χ4v) is 1.85. The third-order valence-electron chi connectivity index (χ3n) is 2.46. The van der Waals surface area contributed by atoms with E-state index in [1.165, 1.54) is 11.1 Å². The van der Waals surface area contributed by atoms with Crippen LogP contribution in [0.1, 0.15) is 11.1 Å². The summed E-state index contributed by atoms with van der Waals surface area (Å²) in [4.78, 5) is 2.22. The highest BCUT2D eigenvalue weighted by molar-refractivity contribution is 5.21. The lowest BCUT2D eigenvalue weighted by atomic mass is 10.1. The molecule has 1 aromatic carbocycles. The van der Waals surface area contributed by atoms with Crippen molar-refractivity contribution in [2.75, 3.05) is 27.3 Å². The van der Waals surface area contributed by atoms with Crippen LogP contribution in [0.15, 0.2) is 24.3 Å². The van der Waals surface area contributed by atoms with Gasteiger partial charge in [-0.05, 0) is 19.5 Å². The summed E-state index contributed by atoms with van der Waals surface area (Å²) in [6, 6.07) is 8.64. The molecule has 1 aromatic rings. The van der Waals surface area contributed by atoms with Gasteiger partial charge in [-0.25, -0.2) is 0 Å². The molecule has 0 saturated heterocycles. The molecule has 0 aliphatic carbocycles. The summed E-state index contributed by atoms with van der Waals surface area (Å²) < 4.78 is 5.02. The summed E-state index contributed by atoms with van der Waals surface area (Å²) in [6.07, 6.45) is 0. The second-order valence-corrected chi connectivity index (χ2v) is 4.40. The van der Waals surface area contributed by atoms with Gasteiger partial charge in [-0.3, -0.25) is 0 Å². The van der Waals surface area contributed by atoms with E-state index in [0.717, 1.165) is 13.1 Å². The van der Waals surface area contributed by atoms with Crippen molar-refractivity contribution in [3.63, 3.8) is 0 Å². The average Bonchev–Trinajstić information content (AvgIpc) is 2.17. The number of benzene rings is 1. The monoisotopic (exact) mass is 222 g/mol. The first kappa shape index (κ1) is 13.2. The SMILES string of the molecule is COCC(N)CN(C)Cc1cccc(C)c1. The van der Waals surface area contributed by atoms with E-state index in [1.54, 1.807) is 7.11 Å². The Balaban J connectivity index is 2.42. The molecule has 0 fully saturated rings. The van der Waals surface area contributed by atoms with Crippen molar-refractivity contribution in [3.05, 3.63) is 35.4 Å². The number of hydrogen-bond donors (Lipinski definition) is 1. The van der Waals surface area contributed by atoms with Crippen molar-refractivity contribution < 1.29 is 4.74 Å². The molecule has 0 amide bonds. The van der Waals surface area contributed by atoms with Crippen LogP contribution in [0.4, 0.5) is 0 Å². The molecule has 1 rings (SSSR count). The number of methoxy groups -OCH3 is 1. The minimum atomic E-state index is 0.0832. The van der Waals surface area contributed by atoms with E-state index in [0.29, 0.717) is 6.61 Å². The Bertz CT molecular complexity index is 315. The van der Waals surface area contributed by atoms with Crippen molar-refractivity contribution in [1.29, 1.82) is 0 Å². The van der Waals surface area contributed by atoms with E-state index in [2.05, 4.69) is 43.1 Å². The first-order chi connectivity index (χ1) is 7.61. The maximum Gasteiger partial charge on any atom is 0.0626 e. The Morgan fingerprint density at radius 1 is 1.44 bits per heavy atom. The van der Waals surface area contributed by atoms with Crippen LogP contribution in [0.25, 0.3) is 0 Å². The zero-order valence-electron chi connectivity index (χ0n) is 10.4. The number of likely N-dealkylation sites (N-methyl/N-ethyl adjacent to an activating group) is 1. The first-order valence-corrected chi connectivity index (χ1v) is 5.60. The second-order valence-electron chi connectivity index (χ2n) is 4.40. The van der Waals surface area contributed by atoms with Crippen LogP contribution in [-0.4, -0.2) is 38.3 Å². The predicted octanol–water partition coefficient (Wildman–Crippen LogP) is 1.40. The molecule has 90 valence electrons. The number of rotatable bonds is 6. The lowest BCUT2D eigenvalue weighted by Crippen LogP contribution is -2.38. The van der Waals surface area contributed by atoms with E-state index < -0.39 is 0 Å². The molecule has 0 aromatic heterocycles. The smallest absolute Gasteiger partial charge is 0.0626 e. The Labute approximate surface area is 98.2 Å². The van der Waals surface area contributed by atoms with E-state index in [9.17, 15) is 0 Å². The van der Waals surface area contributed by atoms with Crippen LogP contribution in [0, 0.1) is 6.92 Å². The molecule has 0 radical (unpaired) electrons. The Morgan fingerprint density at radius 3 is 2.81 bits per heavy atom. The van der Waals surface area contributed by atoms with Gasteiger partial charge in [0.15, 0.2) is 0 Å². The highest BCUT2D eigenvalue weighted by atomic mass is 16.5. The first-order valence-electron chi connectivity index (χ1n) is 5.60. The molecule has 1 atom stereocenters. The molecule has 0 spiro atoms. The van der Waals surface area contributed by atoms with E-state index in [-0.39, 0.29) is 6.04 Å². The van der Waals surface area contributed by atoms with Gasteiger partial charge in [0, 0.05) is 26.2 Å². The van der Waals surface area contributed by atoms with Crippen LogP contribution in [0.5, 0.6) is 0 Å². The number of aryl methyl sites for hydroxylation is 1. The van der Waals surface area contributed by atoms with Crippen LogP contribution >= 0.6 is 0 Å². The zero-order chi connectivity index (χ0) is 12.0. The molecule has 3 heteroatoms. The van der Waals surface area contributed by atoms with Gasteiger partial charge in [-0.15, -0.1) is 0 Å². The summed E-state index contributed by atoms with van der Waals surface area (Å²) >= 11 is 0. The normalized spacial score (nSPS) is 13.1. The Hall–Kier alpha value is -0.900. The van der Waals surface area contributed by atoms with Crippen molar-refractivity contribution in [1.82, 2.24) is 4.90 Å². The summed E-state index contributed by atoms with van der Waals surface area (Å²) in [5.74, 6) is 0. The average molecular weight is 222 g/mol. The molecule has 0 aliphatic rings. The van der Waals surface area contributed by atoms with Gasteiger partial charge in [0.05, 0.1) is 6.61 Å². The molecule has 0 aliphatic heterocycles. The molecule has 0 bridgehead atoms. The van der Waals surface area contributed by atoms with Gasteiger partial charge in [0.25, 0.3) is 0 Å². The van der Waals surface area contributed by atoms with Gasteiger partial charge in [-0.2, -0.15) is 0 Å². The molecule has 0 heterocycles.